The third-order valence-electron chi connectivity index (χ3n) is 4.32. The third kappa shape index (κ3) is 5.27. The number of hydrogen-bond acceptors (Lipinski definition) is 5. The van der Waals surface area contributed by atoms with Crippen LogP contribution in [0.1, 0.15) is 11.8 Å². The van der Waals surface area contributed by atoms with Crippen molar-refractivity contribution in [2.75, 3.05) is 39.9 Å². The van der Waals surface area contributed by atoms with Crippen LogP contribution in [-0.2, 0) is 11.3 Å². The first-order chi connectivity index (χ1) is 12.6. The molecule has 2 amide bonds. The highest BCUT2D eigenvalue weighted by atomic mass is 32.1. The highest BCUT2D eigenvalue weighted by Gasteiger charge is 2.17. The summed E-state index contributed by atoms with van der Waals surface area (Å²) in [4.78, 5) is 22.0. The molecule has 1 saturated heterocycles. The molecule has 140 valence electrons. The number of thiazole rings is 1. The largest absolute Gasteiger partial charge is 0.379 e. The first kappa shape index (κ1) is 18.8. The molecule has 0 aliphatic carbocycles. The molecule has 2 heterocycles. The number of morpholine rings is 1. The van der Waals surface area contributed by atoms with E-state index in [1.54, 1.807) is 16.2 Å². The lowest BCUT2D eigenvalue weighted by Gasteiger charge is -2.30. The van der Waals surface area contributed by atoms with Gasteiger partial charge < -0.3 is 15.0 Å². The number of benzene rings is 1. The van der Waals surface area contributed by atoms with Gasteiger partial charge in [-0.3, -0.25) is 4.90 Å². The van der Waals surface area contributed by atoms with Gasteiger partial charge in [0.05, 0.1) is 19.8 Å². The van der Waals surface area contributed by atoms with E-state index in [0.717, 1.165) is 48.3 Å². The Bertz CT molecular complexity index is 701. The lowest BCUT2D eigenvalue weighted by Crippen LogP contribution is -2.48. The second-order valence-corrected chi connectivity index (χ2v) is 7.73. The molecule has 0 radical (unpaired) electrons. The monoisotopic (exact) mass is 374 g/mol. The van der Waals surface area contributed by atoms with E-state index >= 15 is 0 Å². The maximum Gasteiger partial charge on any atom is 0.317 e. The molecule has 1 aliphatic heterocycles. The number of nitrogens with zero attached hydrogens (tertiary/aromatic N) is 3. The second kappa shape index (κ2) is 9.12. The van der Waals surface area contributed by atoms with Gasteiger partial charge >= 0.3 is 6.03 Å². The summed E-state index contributed by atoms with van der Waals surface area (Å²) >= 11 is 1.62. The number of carbonyl (C=O) groups is 1. The van der Waals surface area contributed by atoms with Gasteiger partial charge in [0.25, 0.3) is 0 Å². The highest BCUT2D eigenvalue weighted by molar-refractivity contribution is 7.15. The van der Waals surface area contributed by atoms with Crippen molar-refractivity contribution in [3.63, 3.8) is 0 Å². The minimum atomic E-state index is -0.0552. The quantitative estimate of drug-likeness (QED) is 0.845. The van der Waals surface area contributed by atoms with Crippen molar-refractivity contribution in [3.05, 3.63) is 41.4 Å². The van der Waals surface area contributed by atoms with E-state index in [9.17, 15) is 4.79 Å². The van der Waals surface area contributed by atoms with Crippen molar-refractivity contribution in [3.8, 4) is 10.6 Å². The van der Waals surface area contributed by atoms with E-state index in [1.165, 1.54) is 0 Å². The van der Waals surface area contributed by atoms with Crippen LogP contribution in [0.2, 0.25) is 0 Å². The lowest BCUT2D eigenvalue weighted by molar-refractivity contribution is 0.0347. The molecule has 3 rings (SSSR count). The Morgan fingerprint density at radius 1 is 1.35 bits per heavy atom. The van der Waals surface area contributed by atoms with E-state index in [2.05, 4.69) is 15.2 Å². The van der Waals surface area contributed by atoms with Crippen molar-refractivity contribution in [1.29, 1.82) is 0 Å². The van der Waals surface area contributed by atoms with Crippen LogP contribution in [0.15, 0.2) is 36.5 Å². The van der Waals surface area contributed by atoms with Crippen molar-refractivity contribution in [2.24, 2.45) is 0 Å². The van der Waals surface area contributed by atoms with Crippen molar-refractivity contribution in [2.45, 2.75) is 19.5 Å². The molecule has 1 fully saturated rings. The van der Waals surface area contributed by atoms with Gasteiger partial charge in [0.1, 0.15) is 5.01 Å². The minimum absolute atomic E-state index is 0.0552. The molecule has 26 heavy (non-hydrogen) atoms. The van der Waals surface area contributed by atoms with Crippen LogP contribution in [0.4, 0.5) is 4.79 Å². The normalized spacial score (nSPS) is 16.2. The summed E-state index contributed by atoms with van der Waals surface area (Å²) in [7, 11) is 1.82. The van der Waals surface area contributed by atoms with Gasteiger partial charge in [-0.2, -0.15) is 0 Å². The number of amides is 2. The molecule has 1 aromatic heterocycles. The summed E-state index contributed by atoms with van der Waals surface area (Å²) in [6, 6.07) is 10.1. The molecule has 0 saturated carbocycles. The maximum absolute atomic E-state index is 12.4. The van der Waals surface area contributed by atoms with Gasteiger partial charge in [-0.1, -0.05) is 30.3 Å². The number of nitrogens with one attached hydrogen (secondary N) is 1. The molecule has 0 bridgehead atoms. The summed E-state index contributed by atoms with van der Waals surface area (Å²) < 4.78 is 5.36. The number of aromatic nitrogens is 1. The number of hydrogen-bond donors (Lipinski definition) is 1. The Labute approximate surface area is 158 Å². The van der Waals surface area contributed by atoms with Crippen LogP contribution >= 0.6 is 11.3 Å². The van der Waals surface area contributed by atoms with Crippen molar-refractivity contribution >= 4 is 17.4 Å². The van der Waals surface area contributed by atoms with Gasteiger partial charge in [0.15, 0.2) is 0 Å². The molecule has 1 N–H and O–H groups in total. The maximum atomic E-state index is 12.4. The molecule has 0 unspecified atom stereocenters. The van der Waals surface area contributed by atoms with Crippen molar-refractivity contribution < 1.29 is 9.53 Å². The van der Waals surface area contributed by atoms with Gasteiger partial charge in [-0.15, -0.1) is 11.3 Å². The predicted octanol–water partition coefficient (Wildman–Crippen LogP) is 2.67. The smallest absolute Gasteiger partial charge is 0.317 e. The van der Waals surface area contributed by atoms with E-state index in [4.69, 9.17) is 4.74 Å². The zero-order chi connectivity index (χ0) is 18.4. The van der Waals surface area contributed by atoms with E-state index in [1.807, 2.05) is 50.5 Å². The molecule has 1 atom stereocenters. The van der Waals surface area contributed by atoms with Crippen LogP contribution in [0.5, 0.6) is 0 Å². The zero-order valence-electron chi connectivity index (χ0n) is 15.4. The molecular formula is C19H26N4O2S. The first-order valence-electron chi connectivity index (χ1n) is 8.93. The highest BCUT2D eigenvalue weighted by Crippen LogP contribution is 2.25. The van der Waals surface area contributed by atoms with Gasteiger partial charge in [0, 0.05) is 49.4 Å². The third-order valence-corrected chi connectivity index (χ3v) is 5.35. The van der Waals surface area contributed by atoms with Crippen LogP contribution < -0.4 is 5.32 Å². The van der Waals surface area contributed by atoms with Gasteiger partial charge in [-0.25, -0.2) is 9.78 Å². The van der Waals surface area contributed by atoms with Crippen LogP contribution in [0, 0.1) is 0 Å². The average Bonchev–Trinajstić information content (AvgIpc) is 3.11. The lowest BCUT2D eigenvalue weighted by atomic mass is 10.2. The SMILES string of the molecule is C[C@H](CN1CCOCC1)NC(=O)N(C)Cc1cnc(-c2ccccc2)s1. The van der Waals surface area contributed by atoms with Gasteiger partial charge in [0.2, 0.25) is 0 Å². The molecule has 1 aliphatic rings. The zero-order valence-corrected chi connectivity index (χ0v) is 16.2. The fraction of sp³-hybridized carbons (Fsp3) is 0.474. The Balaban J connectivity index is 1.48. The summed E-state index contributed by atoms with van der Waals surface area (Å²) in [5.41, 5.74) is 1.11. The number of carbonyl (C=O) groups excluding carboxylic acids is 1. The fourth-order valence-electron chi connectivity index (χ4n) is 2.94. The Morgan fingerprint density at radius 3 is 2.81 bits per heavy atom. The summed E-state index contributed by atoms with van der Waals surface area (Å²) in [5, 5.41) is 4.06. The molecule has 0 spiro atoms. The van der Waals surface area contributed by atoms with E-state index in [0.29, 0.717) is 6.54 Å². The Kier molecular flexibility index (Phi) is 6.60. The second-order valence-electron chi connectivity index (χ2n) is 6.62. The molecular weight excluding hydrogens is 348 g/mol. The fourth-order valence-corrected chi connectivity index (χ4v) is 3.91. The topological polar surface area (TPSA) is 57.7 Å². The van der Waals surface area contributed by atoms with Crippen LogP contribution in [-0.4, -0.2) is 66.8 Å². The predicted molar refractivity (Wildman–Crippen MR) is 104 cm³/mol. The summed E-state index contributed by atoms with van der Waals surface area (Å²) in [5.74, 6) is 0. The molecule has 2 aromatic rings. The summed E-state index contributed by atoms with van der Waals surface area (Å²) in [6.45, 7) is 6.85. The number of ether oxygens (including phenoxy) is 1. The Hall–Kier alpha value is -1.96. The van der Waals surface area contributed by atoms with Crippen molar-refractivity contribution in [1.82, 2.24) is 20.1 Å². The van der Waals surface area contributed by atoms with E-state index in [-0.39, 0.29) is 12.1 Å². The van der Waals surface area contributed by atoms with E-state index < -0.39 is 0 Å². The Morgan fingerprint density at radius 2 is 2.08 bits per heavy atom. The minimum Gasteiger partial charge on any atom is -0.379 e. The first-order valence-corrected chi connectivity index (χ1v) is 9.75. The average molecular weight is 375 g/mol. The molecule has 6 nitrogen and oxygen atoms in total. The van der Waals surface area contributed by atoms with Crippen LogP contribution in [0.3, 0.4) is 0 Å². The molecule has 7 heteroatoms. The van der Waals surface area contributed by atoms with Gasteiger partial charge in [-0.05, 0) is 6.92 Å². The van der Waals surface area contributed by atoms with Crippen LogP contribution in [0.25, 0.3) is 10.6 Å². The summed E-state index contributed by atoms with van der Waals surface area (Å²) in [6.07, 6.45) is 1.86. The molecule has 1 aromatic carbocycles. The standard InChI is InChI=1S/C19H26N4O2S/c1-15(13-23-8-10-25-11-9-23)21-19(24)22(2)14-17-12-20-18(26-17)16-6-4-3-5-7-16/h3-7,12,15H,8-11,13-14H2,1-2H3,(H,21,24)/t15-/m1/s1. The number of urea groups is 1. The number of rotatable bonds is 6.